The van der Waals surface area contributed by atoms with Crippen LogP contribution in [0.15, 0.2) is 115 Å². The molecular formula is C34H20N4S. The van der Waals surface area contributed by atoms with Gasteiger partial charge in [0.1, 0.15) is 11.0 Å². The Morgan fingerprint density at radius 3 is 2.21 bits per heavy atom. The molecule has 0 spiro atoms. The predicted octanol–water partition coefficient (Wildman–Crippen LogP) is 9.24. The highest BCUT2D eigenvalue weighted by molar-refractivity contribution is 7.00. The molecule has 9 aromatic rings. The van der Waals surface area contributed by atoms with E-state index in [1.54, 1.807) is 0 Å². The Hall–Kier alpha value is -5.00. The van der Waals surface area contributed by atoms with E-state index in [1.807, 2.05) is 0 Å². The standard InChI is InChI=1S/C34H20N4S/c1-2-11-21-20(9-1)10-7-17-28(21)38-29-16-6-4-13-24(29)31-22(14-8-18-30(31)38)25-19-27-32(34-33(25)36-39-37-34)23-12-3-5-15-26(23)35-27/h1-19,35H. The average Bonchev–Trinajstić information content (AvgIpc) is 3.70. The van der Waals surface area contributed by atoms with Gasteiger partial charge in [-0.15, -0.1) is 0 Å². The van der Waals surface area contributed by atoms with Gasteiger partial charge < -0.3 is 9.55 Å². The van der Waals surface area contributed by atoms with Gasteiger partial charge in [0.15, 0.2) is 0 Å². The van der Waals surface area contributed by atoms with Gasteiger partial charge in [0.25, 0.3) is 0 Å². The third-order valence-electron chi connectivity index (χ3n) is 8.00. The van der Waals surface area contributed by atoms with E-state index in [2.05, 4.69) is 125 Å². The van der Waals surface area contributed by atoms with Crippen LogP contribution in [0.1, 0.15) is 0 Å². The van der Waals surface area contributed by atoms with Crippen molar-refractivity contribution in [2.24, 2.45) is 0 Å². The van der Waals surface area contributed by atoms with Crippen molar-refractivity contribution in [3.8, 4) is 16.8 Å². The minimum atomic E-state index is 0.951. The van der Waals surface area contributed by atoms with Gasteiger partial charge >= 0.3 is 0 Å². The van der Waals surface area contributed by atoms with Gasteiger partial charge in [0.05, 0.1) is 28.4 Å². The first-order valence-corrected chi connectivity index (χ1v) is 13.8. The summed E-state index contributed by atoms with van der Waals surface area (Å²) in [7, 11) is 0. The zero-order valence-electron chi connectivity index (χ0n) is 20.7. The fourth-order valence-electron chi connectivity index (χ4n) is 6.38. The van der Waals surface area contributed by atoms with E-state index < -0.39 is 0 Å². The molecule has 0 saturated carbocycles. The summed E-state index contributed by atoms with van der Waals surface area (Å²) < 4.78 is 12.0. The third kappa shape index (κ3) is 2.82. The van der Waals surface area contributed by atoms with Crippen LogP contribution >= 0.6 is 11.7 Å². The molecule has 0 aliphatic rings. The van der Waals surface area contributed by atoms with E-state index in [0.29, 0.717) is 0 Å². The molecule has 6 aromatic carbocycles. The van der Waals surface area contributed by atoms with E-state index >= 15 is 0 Å². The van der Waals surface area contributed by atoms with E-state index in [0.717, 1.165) is 33.0 Å². The molecule has 0 unspecified atom stereocenters. The first kappa shape index (κ1) is 21.0. The number of rotatable bonds is 2. The Labute approximate surface area is 227 Å². The van der Waals surface area contributed by atoms with Crippen molar-refractivity contribution < 1.29 is 0 Å². The Balaban J connectivity index is 1.43. The molecule has 1 N–H and O–H groups in total. The molecule has 0 bridgehead atoms. The summed E-state index contributed by atoms with van der Waals surface area (Å²) in [5, 5.41) is 7.25. The minimum absolute atomic E-state index is 0.951. The molecular weight excluding hydrogens is 496 g/mol. The lowest BCUT2D eigenvalue weighted by molar-refractivity contribution is 1.20. The highest BCUT2D eigenvalue weighted by atomic mass is 32.1. The number of H-pyrrole nitrogens is 1. The molecule has 39 heavy (non-hydrogen) atoms. The molecule has 0 radical (unpaired) electrons. The monoisotopic (exact) mass is 516 g/mol. The summed E-state index contributed by atoms with van der Waals surface area (Å²) in [4.78, 5) is 3.64. The molecule has 0 aliphatic carbocycles. The molecule has 4 nitrogen and oxygen atoms in total. The lowest BCUT2D eigenvalue weighted by Crippen LogP contribution is -1.95. The fraction of sp³-hybridized carbons (Fsp3) is 0. The van der Waals surface area contributed by atoms with Gasteiger partial charge in [-0.2, -0.15) is 8.75 Å². The normalized spacial score (nSPS) is 12.1. The maximum absolute atomic E-state index is 4.83. The highest BCUT2D eigenvalue weighted by Gasteiger charge is 2.21. The van der Waals surface area contributed by atoms with E-state index in [-0.39, 0.29) is 0 Å². The first-order chi connectivity index (χ1) is 19.4. The molecule has 0 saturated heterocycles. The second-order valence-electron chi connectivity index (χ2n) is 10.0. The van der Waals surface area contributed by atoms with Crippen molar-refractivity contribution in [3.63, 3.8) is 0 Å². The molecule has 0 amide bonds. The van der Waals surface area contributed by atoms with Gasteiger partial charge in [0.2, 0.25) is 0 Å². The van der Waals surface area contributed by atoms with E-state index in [9.17, 15) is 0 Å². The lowest BCUT2D eigenvalue weighted by atomic mass is 9.96. The maximum Gasteiger partial charge on any atom is 0.115 e. The van der Waals surface area contributed by atoms with E-state index in [1.165, 1.54) is 60.9 Å². The molecule has 5 heteroatoms. The van der Waals surface area contributed by atoms with Gasteiger partial charge in [-0.3, -0.25) is 0 Å². The molecule has 9 rings (SSSR count). The smallest absolute Gasteiger partial charge is 0.115 e. The second-order valence-corrected chi connectivity index (χ2v) is 10.6. The van der Waals surface area contributed by atoms with Gasteiger partial charge in [0, 0.05) is 43.5 Å². The Kier molecular flexibility index (Phi) is 4.18. The Morgan fingerprint density at radius 2 is 1.26 bits per heavy atom. The summed E-state index contributed by atoms with van der Waals surface area (Å²) in [5.74, 6) is 0. The quantitative estimate of drug-likeness (QED) is 0.249. The maximum atomic E-state index is 4.83. The fourth-order valence-corrected chi connectivity index (χ4v) is 6.95. The Morgan fingerprint density at radius 1 is 0.538 bits per heavy atom. The number of para-hydroxylation sites is 2. The molecule has 0 atom stereocenters. The summed E-state index contributed by atoms with van der Waals surface area (Å²) >= 11 is 1.28. The van der Waals surface area contributed by atoms with Crippen LogP contribution in [0, 0.1) is 0 Å². The number of benzene rings is 6. The zero-order chi connectivity index (χ0) is 25.5. The van der Waals surface area contributed by atoms with Crippen LogP contribution in [0.3, 0.4) is 0 Å². The third-order valence-corrected chi connectivity index (χ3v) is 8.53. The van der Waals surface area contributed by atoms with Crippen molar-refractivity contribution in [3.05, 3.63) is 115 Å². The SMILES string of the molecule is c1ccc2c(-n3c4ccccc4c4c(-c5cc6[nH]c7ccccc7c6c6nsnc56)cccc43)cccc2c1. The summed E-state index contributed by atoms with van der Waals surface area (Å²) in [6, 6.07) is 41.2. The van der Waals surface area contributed by atoms with Crippen LogP contribution < -0.4 is 0 Å². The molecule has 0 aliphatic heterocycles. The topological polar surface area (TPSA) is 46.5 Å². The second kappa shape index (κ2) is 7.76. The molecule has 3 aromatic heterocycles. The zero-order valence-corrected chi connectivity index (χ0v) is 21.5. The number of aromatic nitrogens is 4. The number of hydrogen-bond donors (Lipinski definition) is 1. The van der Waals surface area contributed by atoms with Gasteiger partial charge in [-0.1, -0.05) is 84.9 Å². The van der Waals surface area contributed by atoms with E-state index in [4.69, 9.17) is 8.75 Å². The van der Waals surface area contributed by atoms with Crippen molar-refractivity contribution in [1.82, 2.24) is 18.3 Å². The van der Waals surface area contributed by atoms with Crippen LogP contribution in [0.25, 0.3) is 82.2 Å². The predicted molar refractivity (Wildman–Crippen MR) is 164 cm³/mol. The summed E-state index contributed by atoms with van der Waals surface area (Å²) in [6.07, 6.45) is 0. The van der Waals surface area contributed by atoms with Crippen molar-refractivity contribution >= 4 is 77.1 Å². The van der Waals surface area contributed by atoms with Crippen LogP contribution in [0.2, 0.25) is 0 Å². The lowest BCUT2D eigenvalue weighted by Gasteiger charge is -2.12. The van der Waals surface area contributed by atoms with Crippen LogP contribution in [-0.4, -0.2) is 18.3 Å². The summed E-state index contributed by atoms with van der Waals surface area (Å²) in [6.45, 7) is 0. The Bertz CT molecular complexity index is 2400. The first-order valence-electron chi connectivity index (χ1n) is 13.0. The van der Waals surface area contributed by atoms with Crippen molar-refractivity contribution in [1.29, 1.82) is 0 Å². The van der Waals surface area contributed by atoms with Crippen LogP contribution in [0.5, 0.6) is 0 Å². The minimum Gasteiger partial charge on any atom is -0.354 e. The van der Waals surface area contributed by atoms with Crippen molar-refractivity contribution in [2.75, 3.05) is 0 Å². The molecule has 182 valence electrons. The molecule has 3 heterocycles. The van der Waals surface area contributed by atoms with Gasteiger partial charge in [-0.05, 0) is 41.3 Å². The van der Waals surface area contributed by atoms with Gasteiger partial charge in [-0.25, -0.2) is 0 Å². The average molecular weight is 517 g/mol. The number of nitrogens with one attached hydrogen (secondary N) is 1. The number of aromatic amines is 1. The number of hydrogen-bond acceptors (Lipinski definition) is 3. The summed E-state index contributed by atoms with van der Waals surface area (Å²) in [5.41, 5.74) is 9.93. The largest absolute Gasteiger partial charge is 0.354 e. The molecule has 0 fully saturated rings. The van der Waals surface area contributed by atoms with Crippen molar-refractivity contribution in [2.45, 2.75) is 0 Å². The number of nitrogens with zero attached hydrogens (tertiary/aromatic N) is 3. The number of fused-ring (bicyclic) bond motifs is 9. The van der Waals surface area contributed by atoms with Crippen LogP contribution in [0.4, 0.5) is 0 Å². The van der Waals surface area contributed by atoms with Crippen LogP contribution in [-0.2, 0) is 0 Å². The highest BCUT2D eigenvalue weighted by Crippen LogP contribution is 2.43.